The first-order valence-electron chi connectivity index (χ1n) is 7.44. The van der Waals surface area contributed by atoms with Crippen LogP contribution in [0.2, 0.25) is 0 Å². The van der Waals surface area contributed by atoms with Crippen LogP contribution in [-0.2, 0) is 11.3 Å². The van der Waals surface area contributed by atoms with Crippen molar-refractivity contribution in [3.05, 3.63) is 42.0 Å². The number of hydrogen-bond donors (Lipinski definition) is 2. The zero-order valence-corrected chi connectivity index (χ0v) is 12.8. The molecule has 0 radical (unpaired) electrons. The Morgan fingerprint density at radius 2 is 2.22 bits per heavy atom. The Kier molecular flexibility index (Phi) is 5.79. The van der Waals surface area contributed by atoms with Crippen molar-refractivity contribution >= 4 is 11.9 Å². The molecule has 0 saturated heterocycles. The van der Waals surface area contributed by atoms with Crippen LogP contribution in [0.4, 0.5) is 0 Å². The summed E-state index contributed by atoms with van der Waals surface area (Å²) in [5.74, 6) is -1.59. The third-order valence-corrected chi connectivity index (χ3v) is 3.27. The maximum absolute atomic E-state index is 12.1. The number of aromatic nitrogens is 4. The van der Waals surface area contributed by atoms with Gasteiger partial charge in [-0.1, -0.05) is 31.0 Å². The van der Waals surface area contributed by atoms with E-state index in [1.165, 1.54) is 10.9 Å². The lowest BCUT2D eigenvalue weighted by atomic mass is 10.1. The molecule has 122 valence electrons. The van der Waals surface area contributed by atoms with Crippen LogP contribution in [0, 0.1) is 0 Å². The third-order valence-electron chi connectivity index (χ3n) is 3.27. The van der Waals surface area contributed by atoms with Crippen LogP contribution < -0.4 is 5.32 Å². The highest BCUT2D eigenvalue weighted by atomic mass is 16.4. The summed E-state index contributed by atoms with van der Waals surface area (Å²) in [6, 6.07) is 4.60. The van der Waals surface area contributed by atoms with E-state index in [0.29, 0.717) is 13.0 Å². The van der Waals surface area contributed by atoms with Crippen molar-refractivity contribution in [3.8, 4) is 0 Å². The van der Waals surface area contributed by atoms with Gasteiger partial charge in [0, 0.05) is 6.20 Å². The van der Waals surface area contributed by atoms with Gasteiger partial charge in [0.2, 0.25) is 0 Å². The highest BCUT2D eigenvalue weighted by Crippen LogP contribution is 2.04. The quantitative estimate of drug-likeness (QED) is 0.754. The fourth-order valence-electron chi connectivity index (χ4n) is 2.04. The molecule has 0 aromatic carbocycles. The number of nitrogens with one attached hydrogen (secondary N) is 1. The molecule has 0 saturated carbocycles. The zero-order valence-electron chi connectivity index (χ0n) is 12.8. The molecule has 0 fully saturated rings. The number of carboxylic acids is 1. The molecule has 0 spiro atoms. The van der Waals surface area contributed by atoms with Crippen molar-refractivity contribution < 1.29 is 14.7 Å². The van der Waals surface area contributed by atoms with Crippen LogP contribution in [-0.4, -0.2) is 43.0 Å². The summed E-state index contributed by atoms with van der Waals surface area (Å²) in [6.45, 7) is 2.35. The minimum atomic E-state index is -1.05. The van der Waals surface area contributed by atoms with Gasteiger partial charge in [-0.25, -0.2) is 9.48 Å². The maximum Gasteiger partial charge on any atom is 0.326 e. The monoisotopic (exact) mass is 317 g/mol. The molecule has 8 heteroatoms. The van der Waals surface area contributed by atoms with Gasteiger partial charge in [-0.3, -0.25) is 9.78 Å². The van der Waals surface area contributed by atoms with Crippen LogP contribution in [0.25, 0.3) is 0 Å². The van der Waals surface area contributed by atoms with Gasteiger partial charge in [-0.15, -0.1) is 5.10 Å². The van der Waals surface area contributed by atoms with Crippen molar-refractivity contribution in [2.75, 3.05) is 0 Å². The van der Waals surface area contributed by atoms with Gasteiger partial charge < -0.3 is 10.4 Å². The van der Waals surface area contributed by atoms with Gasteiger partial charge in [-0.2, -0.15) is 0 Å². The molecule has 0 aliphatic rings. The number of carbonyl (C=O) groups is 2. The van der Waals surface area contributed by atoms with E-state index in [9.17, 15) is 9.59 Å². The molecule has 23 heavy (non-hydrogen) atoms. The Morgan fingerprint density at radius 1 is 1.39 bits per heavy atom. The Hall–Kier alpha value is -2.77. The van der Waals surface area contributed by atoms with E-state index in [0.717, 1.165) is 18.5 Å². The molecule has 0 aliphatic heterocycles. The SMILES string of the molecule is CCCCC(NC(=O)c1cn(Cc2ccccn2)nn1)C(=O)O. The molecule has 0 bridgehead atoms. The summed E-state index contributed by atoms with van der Waals surface area (Å²) in [4.78, 5) is 27.4. The second-order valence-electron chi connectivity index (χ2n) is 5.13. The maximum atomic E-state index is 12.1. The predicted molar refractivity (Wildman–Crippen MR) is 81.8 cm³/mol. The number of amides is 1. The molecule has 2 aromatic heterocycles. The molecule has 2 heterocycles. The molecule has 2 aromatic rings. The van der Waals surface area contributed by atoms with Gasteiger partial charge in [0.05, 0.1) is 18.4 Å². The molecule has 2 N–H and O–H groups in total. The molecule has 1 atom stereocenters. The number of nitrogens with zero attached hydrogens (tertiary/aromatic N) is 4. The largest absolute Gasteiger partial charge is 0.480 e. The Labute approximate surface area is 133 Å². The van der Waals surface area contributed by atoms with Crippen LogP contribution in [0.5, 0.6) is 0 Å². The predicted octanol–water partition coefficient (Wildman–Crippen LogP) is 1.09. The minimum absolute atomic E-state index is 0.0867. The molecule has 1 amide bonds. The van der Waals surface area contributed by atoms with E-state index < -0.39 is 17.9 Å². The van der Waals surface area contributed by atoms with Gasteiger partial charge in [0.25, 0.3) is 5.91 Å². The fourth-order valence-corrected chi connectivity index (χ4v) is 2.04. The lowest BCUT2D eigenvalue weighted by Gasteiger charge is -2.12. The topological polar surface area (TPSA) is 110 Å². The molecule has 0 aliphatic carbocycles. The Bertz CT molecular complexity index is 656. The standard InChI is InChI=1S/C15H19N5O3/c1-2-3-7-12(15(22)23)17-14(21)13-10-20(19-18-13)9-11-6-4-5-8-16-11/h4-6,8,10,12H,2-3,7,9H2,1H3,(H,17,21)(H,22,23). The van der Waals surface area contributed by atoms with Crippen molar-refractivity contribution in [3.63, 3.8) is 0 Å². The number of carbonyl (C=O) groups excluding carboxylic acids is 1. The summed E-state index contributed by atoms with van der Waals surface area (Å²) >= 11 is 0. The summed E-state index contributed by atoms with van der Waals surface area (Å²) < 4.78 is 1.49. The van der Waals surface area contributed by atoms with Crippen molar-refractivity contribution in [1.29, 1.82) is 0 Å². The van der Waals surface area contributed by atoms with E-state index in [2.05, 4.69) is 20.6 Å². The Balaban J connectivity index is 1.98. The van der Waals surface area contributed by atoms with Crippen LogP contribution >= 0.6 is 0 Å². The average Bonchev–Trinajstić information content (AvgIpc) is 3.00. The fraction of sp³-hybridized carbons (Fsp3) is 0.400. The lowest BCUT2D eigenvalue weighted by molar-refractivity contribution is -0.139. The molecule has 2 rings (SSSR count). The molecule has 8 nitrogen and oxygen atoms in total. The van der Waals surface area contributed by atoms with Gasteiger partial charge in [0.15, 0.2) is 5.69 Å². The number of pyridine rings is 1. The molecule has 1 unspecified atom stereocenters. The van der Waals surface area contributed by atoms with Gasteiger partial charge in [0.1, 0.15) is 6.04 Å². The Morgan fingerprint density at radius 3 is 2.87 bits per heavy atom. The van der Waals surface area contributed by atoms with Crippen molar-refractivity contribution in [1.82, 2.24) is 25.3 Å². The average molecular weight is 317 g/mol. The van der Waals surface area contributed by atoms with Crippen LogP contribution in [0.1, 0.15) is 42.4 Å². The van der Waals surface area contributed by atoms with Crippen molar-refractivity contribution in [2.45, 2.75) is 38.8 Å². The zero-order chi connectivity index (χ0) is 16.7. The van der Waals surface area contributed by atoms with Gasteiger partial charge in [-0.05, 0) is 18.6 Å². The first-order valence-corrected chi connectivity index (χ1v) is 7.44. The highest BCUT2D eigenvalue weighted by Gasteiger charge is 2.21. The number of carboxylic acid groups (broad SMARTS) is 1. The number of rotatable bonds is 8. The first-order chi connectivity index (χ1) is 11.1. The first kappa shape index (κ1) is 16.6. The highest BCUT2D eigenvalue weighted by molar-refractivity contribution is 5.94. The molecular formula is C15H19N5O3. The van der Waals surface area contributed by atoms with Crippen LogP contribution in [0.3, 0.4) is 0 Å². The minimum Gasteiger partial charge on any atom is -0.480 e. The summed E-state index contributed by atoms with van der Waals surface area (Å²) in [6.07, 6.45) is 5.12. The lowest BCUT2D eigenvalue weighted by Crippen LogP contribution is -2.40. The summed E-state index contributed by atoms with van der Waals surface area (Å²) in [5.41, 5.74) is 0.874. The molecular weight excluding hydrogens is 298 g/mol. The normalized spacial score (nSPS) is 11.9. The van der Waals surface area contributed by atoms with E-state index in [1.807, 2.05) is 25.1 Å². The van der Waals surface area contributed by atoms with E-state index >= 15 is 0 Å². The summed E-state index contributed by atoms with van der Waals surface area (Å²) in [7, 11) is 0. The second kappa shape index (κ2) is 8.02. The van der Waals surface area contributed by atoms with Gasteiger partial charge >= 0.3 is 5.97 Å². The number of unbranched alkanes of at least 4 members (excludes halogenated alkanes) is 1. The van der Waals surface area contributed by atoms with Crippen molar-refractivity contribution in [2.24, 2.45) is 0 Å². The number of hydrogen-bond acceptors (Lipinski definition) is 5. The second-order valence-corrected chi connectivity index (χ2v) is 5.13. The smallest absolute Gasteiger partial charge is 0.326 e. The number of aliphatic carboxylic acids is 1. The summed E-state index contributed by atoms with van der Waals surface area (Å²) in [5, 5.41) is 19.3. The van der Waals surface area contributed by atoms with E-state index in [4.69, 9.17) is 5.11 Å². The third kappa shape index (κ3) is 4.87. The van der Waals surface area contributed by atoms with Crippen LogP contribution in [0.15, 0.2) is 30.6 Å². The van der Waals surface area contributed by atoms with E-state index in [-0.39, 0.29) is 5.69 Å². The van der Waals surface area contributed by atoms with E-state index in [1.54, 1.807) is 6.20 Å².